The molecule has 6 nitrogen and oxygen atoms in total. The van der Waals surface area contributed by atoms with Gasteiger partial charge in [0.2, 0.25) is 5.91 Å². The molecule has 9 heteroatoms. The second-order valence-electron chi connectivity index (χ2n) is 8.89. The highest BCUT2D eigenvalue weighted by molar-refractivity contribution is 7.92. The summed E-state index contributed by atoms with van der Waals surface area (Å²) < 4.78 is 28.4. The van der Waals surface area contributed by atoms with E-state index < -0.39 is 10.0 Å². The van der Waals surface area contributed by atoms with Crippen LogP contribution in [-0.2, 0) is 14.8 Å². The number of aryl methyl sites for hydroxylation is 1. The quantitative estimate of drug-likeness (QED) is 0.374. The topological polar surface area (TPSA) is 60.9 Å². The number of halogens is 2. The highest BCUT2D eigenvalue weighted by atomic mass is 35.5. The van der Waals surface area contributed by atoms with E-state index in [1.54, 1.807) is 35.2 Å². The maximum absolute atomic E-state index is 13.7. The molecule has 0 spiro atoms. The van der Waals surface area contributed by atoms with Gasteiger partial charge in [0.25, 0.3) is 10.0 Å². The van der Waals surface area contributed by atoms with E-state index in [2.05, 4.69) is 29.2 Å². The Morgan fingerprint density at radius 2 is 1.59 bits per heavy atom. The molecule has 0 unspecified atom stereocenters. The van der Waals surface area contributed by atoms with Gasteiger partial charge in [-0.25, -0.2) is 8.42 Å². The highest BCUT2D eigenvalue weighted by Crippen LogP contribution is 2.35. The number of nitrogens with zero attached hydrogens (tertiary/aromatic N) is 3. The summed E-state index contributed by atoms with van der Waals surface area (Å²) >= 11 is 12.6. The molecule has 37 heavy (non-hydrogen) atoms. The minimum absolute atomic E-state index is 0.0805. The molecule has 0 aromatic heterocycles. The molecule has 1 heterocycles. The standard InChI is InChI=1S/C28H29Cl2N3O3S/c1-22-12-14-24(15-13-22)37(35,36)33(26-11-5-10-25(29)28(26)30)21-27(34)32-19-17-31(18-20-32)16-6-9-23-7-3-2-4-8-23/h2-15H,16-21H2,1H3/b9-6+. The van der Waals surface area contributed by atoms with Gasteiger partial charge in [0.15, 0.2) is 0 Å². The molecule has 194 valence electrons. The van der Waals surface area contributed by atoms with Crippen molar-refractivity contribution in [2.45, 2.75) is 11.8 Å². The zero-order valence-corrected chi connectivity index (χ0v) is 22.9. The predicted octanol–water partition coefficient (Wildman–Crippen LogP) is 5.35. The van der Waals surface area contributed by atoms with Crippen LogP contribution in [0.15, 0.2) is 83.8 Å². The van der Waals surface area contributed by atoms with E-state index >= 15 is 0 Å². The van der Waals surface area contributed by atoms with E-state index in [1.165, 1.54) is 12.1 Å². The summed E-state index contributed by atoms with van der Waals surface area (Å²) in [7, 11) is -4.07. The third-order valence-electron chi connectivity index (χ3n) is 6.29. The van der Waals surface area contributed by atoms with Gasteiger partial charge in [-0.05, 0) is 36.8 Å². The number of hydrogen-bond acceptors (Lipinski definition) is 4. The van der Waals surface area contributed by atoms with Crippen LogP contribution < -0.4 is 4.31 Å². The highest BCUT2D eigenvalue weighted by Gasteiger charge is 2.31. The number of carbonyl (C=O) groups excluding carboxylic acids is 1. The number of anilines is 1. The Bertz CT molecular complexity index is 1360. The van der Waals surface area contributed by atoms with Gasteiger partial charge in [0.05, 0.1) is 20.6 Å². The Morgan fingerprint density at radius 1 is 0.919 bits per heavy atom. The molecule has 1 saturated heterocycles. The molecule has 3 aromatic rings. The summed E-state index contributed by atoms with van der Waals surface area (Å²) in [6.07, 6.45) is 4.20. The summed E-state index contributed by atoms with van der Waals surface area (Å²) in [5.41, 5.74) is 2.25. The molecule has 0 radical (unpaired) electrons. The zero-order chi connectivity index (χ0) is 26.4. The Morgan fingerprint density at radius 3 is 2.27 bits per heavy atom. The number of amides is 1. The second-order valence-corrected chi connectivity index (χ2v) is 11.5. The molecule has 0 saturated carbocycles. The first-order valence-corrected chi connectivity index (χ1v) is 14.2. The smallest absolute Gasteiger partial charge is 0.264 e. The minimum atomic E-state index is -4.07. The molecule has 1 aliphatic rings. The minimum Gasteiger partial charge on any atom is -0.339 e. The molecule has 1 fully saturated rings. The van der Waals surface area contributed by atoms with Crippen LogP contribution in [0.4, 0.5) is 5.69 Å². The largest absolute Gasteiger partial charge is 0.339 e. The number of rotatable bonds is 8. The van der Waals surface area contributed by atoms with Crippen molar-refractivity contribution in [3.05, 3.63) is 100 Å². The molecule has 4 rings (SSSR count). The van der Waals surface area contributed by atoms with Crippen LogP contribution in [0.5, 0.6) is 0 Å². The van der Waals surface area contributed by atoms with Crippen LogP contribution >= 0.6 is 23.2 Å². The van der Waals surface area contributed by atoms with E-state index in [9.17, 15) is 13.2 Å². The van der Waals surface area contributed by atoms with E-state index in [0.29, 0.717) is 26.2 Å². The Balaban J connectivity index is 1.46. The van der Waals surface area contributed by atoms with Crippen molar-refractivity contribution in [3.63, 3.8) is 0 Å². The van der Waals surface area contributed by atoms with Gasteiger partial charge < -0.3 is 4.90 Å². The fourth-order valence-electron chi connectivity index (χ4n) is 4.13. The van der Waals surface area contributed by atoms with E-state index in [1.807, 2.05) is 25.1 Å². The van der Waals surface area contributed by atoms with Gasteiger partial charge in [-0.2, -0.15) is 0 Å². The first-order valence-electron chi connectivity index (χ1n) is 12.0. The average Bonchev–Trinajstić information content (AvgIpc) is 2.90. The maximum atomic E-state index is 13.7. The van der Waals surface area contributed by atoms with Gasteiger partial charge in [-0.3, -0.25) is 14.0 Å². The van der Waals surface area contributed by atoms with Crippen LogP contribution in [0.3, 0.4) is 0 Å². The molecular weight excluding hydrogens is 529 g/mol. The van der Waals surface area contributed by atoms with Crippen molar-refractivity contribution in [3.8, 4) is 0 Å². The molecule has 3 aromatic carbocycles. The number of hydrogen-bond donors (Lipinski definition) is 0. The van der Waals surface area contributed by atoms with Crippen LogP contribution in [-0.4, -0.2) is 63.4 Å². The normalized spacial score (nSPS) is 14.7. The molecule has 1 aliphatic heterocycles. The lowest BCUT2D eigenvalue weighted by atomic mass is 10.2. The summed E-state index contributed by atoms with van der Waals surface area (Å²) in [5.74, 6) is -0.286. The molecule has 1 amide bonds. The fourth-order valence-corrected chi connectivity index (χ4v) is 6.00. The van der Waals surface area contributed by atoms with Gasteiger partial charge >= 0.3 is 0 Å². The van der Waals surface area contributed by atoms with Crippen LogP contribution in [0.25, 0.3) is 6.08 Å². The SMILES string of the molecule is Cc1ccc(S(=O)(=O)N(CC(=O)N2CCN(C/C=C/c3ccccc3)CC2)c2cccc(Cl)c2Cl)cc1. The zero-order valence-electron chi connectivity index (χ0n) is 20.6. The van der Waals surface area contributed by atoms with Crippen molar-refractivity contribution in [2.24, 2.45) is 0 Å². The van der Waals surface area contributed by atoms with E-state index in [0.717, 1.165) is 22.0 Å². The predicted molar refractivity (Wildman–Crippen MR) is 151 cm³/mol. The van der Waals surface area contributed by atoms with Crippen molar-refractivity contribution in [1.82, 2.24) is 9.80 Å². The molecule has 0 atom stereocenters. The maximum Gasteiger partial charge on any atom is 0.264 e. The number of carbonyl (C=O) groups is 1. The van der Waals surface area contributed by atoms with Crippen molar-refractivity contribution < 1.29 is 13.2 Å². The van der Waals surface area contributed by atoms with Crippen LogP contribution in [0, 0.1) is 6.92 Å². The van der Waals surface area contributed by atoms with Gasteiger partial charge in [0.1, 0.15) is 6.54 Å². The van der Waals surface area contributed by atoms with Crippen LogP contribution in [0.1, 0.15) is 11.1 Å². The van der Waals surface area contributed by atoms with Crippen LogP contribution in [0.2, 0.25) is 10.0 Å². The lowest BCUT2D eigenvalue weighted by Gasteiger charge is -2.35. The van der Waals surface area contributed by atoms with E-state index in [4.69, 9.17) is 23.2 Å². The molecule has 0 bridgehead atoms. The molecule has 0 N–H and O–H groups in total. The number of sulfonamides is 1. The number of piperazine rings is 1. The van der Waals surface area contributed by atoms with Gasteiger partial charge in [-0.1, -0.05) is 89.4 Å². The van der Waals surface area contributed by atoms with Gasteiger partial charge in [0, 0.05) is 32.7 Å². The van der Waals surface area contributed by atoms with Crippen molar-refractivity contribution in [2.75, 3.05) is 43.6 Å². The first-order chi connectivity index (χ1) is 17.8. The first kappa shape index (κ1) is 27.2. The third-order valence-corrected chi connectivity index (χ3v) is 8.87. The summed E-state index contributed by atoms with van der Waals surface area (Å²) in [6, 6.07) is 21.4. The average molecular weight is 559 g/mol. The lowest BCUT2D eigenvalue weighted by molar-refractivity contribution is -0.131. The third kappa shape index (κ3) is 6.73. The van der Waals surface area contributed by atoms with Crippen molar-refractivity contribution in [1.29, 1.82) is 0 Å². The molecular formula is C28H29Cl2N3O3S. The molecule has 0 aliphatic carbocycles. The van der Waals surface area contributed by atoms with Crippen molar-refractivity contribution >= 4 is 50.9 Å². The Hall–Kier alpha value is -2.84. The van der Waals surface area contributed by atoms with Gasteiger partial charge in [-0.15, -0.1) is 0 Å². The Kier molecular flexibility index (Phi) is 8.92. The summed E-state index contributed by atoms with van der Waals surface area (Å²) in [5, 5.41) is 0.301. The fraction of sp³-hybridized carbons (Fsp3) is 0.250. The Labute approximate surface area is 228 Å². The monoisotopic (exact) mass is 557 g/mol. The number of benzene rings is 3. The van der Waals surface area contributed by atoms with E-state index in [-0.39, 0.29) is 33.1 Å². The summed E-state index contributed by atoms with van der Waals surface area (Å²) in [6.45, 7) is 4.72. The second kappa shape index (κ2) is 12.1. The lowest BCUT2D eigenvalue weighted by Crippen LogP contribution is -2.51. The summed E-state index contributed by atoms with van der Waals surface area (Å²) in [4.78, 5) is 17.4.